The number of fused-ring (bicyclic) bond motifs is 20. The van der Waals surface area contributed by atoms with Crippen LogP contribution in [0.3, 0.4) is 0 Å². The van der Waals surface area contributed by atoms with Crippen molar-refractivity contribution in [2.24, 2.45) is 0 Å². The van der Waals surface area contributed by atoms with Crippen LogP contribution in [0.1, 0.15) is 50.1 Å². The molecule has 1 aromatic heterocycles. The Balaban J connectivity index is 1.05. The molecule has 1 heterocycles. The number of nitrogens with zero attached hydrogens (tertiary/aromatic N) is 3. The number of hydrogen-bond donors (Lipinski definition) is 0. The first-order chi connectivity index (χ1) is 32.4. The second-order valence-electron chi connectivity index (χ2n) is 17.6. The van der Waals surface area contributed by atoms with E-state index in [1.54, 1.807) is 0 Å². The summed E-state index contributed by atoms with van der Waals surface area (Å²) in [6.07, 6.45) is -4.50. The van der Waals surface area contributed by atoms with Crippen molar-refractivity contribution >= 4 is 0 Å². The van der Waals surface area contributed by atoms with E-state index in [4.69, 9.17) is 15.0 Å². The molecule has 0 fully saturated rings. The molecule has 14 rings (SSSR count). The summed E-state index contributed by atoms with van der Waals surface area (Å²) in [5.41, 5.74) is 18.7. The monoisotopic (exact) mass is 853 g/mol. The van der Waals surface area contributed by atoms with Gasteiger partial charge in [-0.25, -0.2) is 15.0 Å². The largest absolute Gasteiger partial charge is 0.416 e. The Bertz CT molecular complexity index is 3410. The lowest BCUT2D eigenvalue weighted by Crippen LogP contribution is -2.25. The van der Waals surface area contributed by atoms with Crippen LogP contribution in [0.2, 0.25) is 0 Å². The lowest BCUT2D eigenvalue weighted by atomic mass is 9.70. The zero-order chi connectivity index (χ0) is 43.9. The first-order valence-corrected chi connectivity index (χ1v) is 22.2. The molecule has 0 aliphatic heterocycles. The van der Waals surface area contributed by atoms with Gasteiger partial charge in [-0.15, -0.1) is 0 Å². The molecule has 0 N–H and O–H groups in total. The predicted molar refractivity (Wildman–Crippen MR) is 254 cm³/mol. The van der Waals surface area contributed by atoms with Gasteiger partial charge in [0.25, 0.3) is 0 Å². The molecule has 0 radical (unpaired) electrons. The molecule has 3 nitrogen and oxygen atoms in total. The highest BCUT2D eigenvalue weighted by Gasteiger charge is 2.54. The van der Waals surface area contributed by atoms with Crippen LogP contribution in [0.4, 0.5) is 13.2 Å². The minimum atomic E-state index is -4.50. The van der Waals surface area contributed by atoms with Gasteiger partial charge in [0.15, 0.2) is 17.5 Å². The number of aromatic nitrogens is 3. The molecule has 0 saturated carbocycles. The van der Waals surface area contributed by atoms with Gasteiger partial charge in [-0.1, -0.05) is 194 Å². The molecule has 0 unspecified atom stereocenters. The molecule has 2 spiro atoms. The summed E-state index contributed by atoms with van der Waals surface area (Å²) in [5, 5.41) is 0. The highest BCUT2D eigenvalue weighted by atomic mass is 19.4. The van der Waals surface area contributed by atoms with Crippen LogP contribution in [-0.4, -0.2) is 15.0 Å². The van der Waals surface area contributed by atoms with E-state index in [1.165, 1.54) is 67.8 Å². The molecule has 0 atom stereocenters. The van der Waals surface area contributed by atoms with Gasteiger partial charge < -0.3 is 0 Å². The van der Waals surface area contributed by atoms with Crippen LogP contribution in [0.25, 0.3) is 78.7 Å². The minimum absolute atomic E-state index is 0.286. The van der Waals surface area contributed by atoms with E-state index in [0.717, 1.165) is 56.6 Å². The first kappa shape index (κ1) is 37.2. The molecular formula is C60H34F3N3. The number of benzene rings is 9. The molecule has 66 heavy (non-hydrogen) atoms. The third-order valence-electron chi connectivity index (χ3n) is 14.6. The Labute approximate surface area is 378 Å². The molecule has 0 amide bonds. The van der Waals surface area contributed by atoms with Crippen molar-refractivity contribution < 1.29 is 13.2 Å². The summed E-state index contributed by atoms with van der Waals surface area (Å²) in [6.45, 7) is 0. The fourth-order valence-corrected chi connectivity index (χ4v) is 12.2. The van der Waals surface area contributed by atoms with E-state index in [0.29, 0.717) is 17.2 Å². The van der Waals surface area contributed by atoms with E-state index in [9.17, 15) is 13.2 Å². The molecule has 4 aliphatic rings. The number of halogens is 3. The Hall–Kier alpha value is -8.22. The molecule has 0 bridgehead atoms. The average molecular weight is 854 g/mol. The molecule has 6 heteroatoms. The van der Waals surface area contributed by atoms with Gasteiger partial charge >= 0.3 is 6.18 Å². The van der Waals surface area contributed by atoms with Crippen molar-refractivity contribution in [1.29, 1.82) is 0 Å². The first-order valence-electron chi connectivity index (χ1n) is 22.2. The smallest absolute Gasteiger partial charge is 0.208 e. The summed E-state index contributed by atoms with van der Waals surface area (Å²) < 4.78 is 41.9. The number of rotatable bonds is 3. The average Bonchev–Trinajstić information content (AvgIpc) is 4.05. The maximum absolute atomic E-state index is 14.0. The molecule has 10 aromatic rings. The van der Waals surface area contributed by atoms with Gasteiger partial charge in [0.2, 0.25) is 0 Å². The standard InChI is InChI=1S/C60H34F3N3/c61-60(62,63)36-33-31-35(32-34-36)55-64-56(43-21-13-29-51-53(43)41-19-5-11-27-49(41)58(51)45-23-7-1-15-37(45)38-16-2-8-24-46(38)58)66-57(65-55)44-22-14-30-52-54(44)42-20-6-12-28-50(42)59(52)47-25-9-3-17-39(47)40-18-4-10-26-48(40)59/h1-34H. The highest BCUT2D eigenvalue weighted by Crippen LogP contribution is 2.65. The van der Waals surface area contributed by atoms with Crippen molar-refractivity contribution in [2.75, 3.05) is 0 Å². The van der Waals surface area contributed by atoms with E-state index < -0.39 is 22.6 Å². The van der Waals surface area contributed by atoms with Gasteiger partial charge in [0, 0.05) is 16.7 Å². The van der Waals surface area contributed by atoms with Crippen molar-refractivity contribution in [3.63, 3.8) is 0 Å². The number of alkyl halides is 3. The summed E-state index contributed by atoms with van der Waals surface area (Å²) in [7, 11) is 0. The summed E-state index contributed by atoms with van der Waals surface area (Å²) >= 11 is 0. The third-order valence-corrected chi connectivity index (χ3v) is 14.6. The van der Waals surface area contributed by atoms with Gasteiger partial charge in [0.1, 0.15) is 0 Å². The molecule has 0 saturated heterocycles. The molecule has 9 aromatic carbocycles. The van der Waals surface area contributed by atoms with Crippen molar-refractivity contribution in [1.82, 2.24) is 15.0 Å². The van der Waals surface area contributed by atoms with Crippen LogP contribution in [0, 0.1) is 0 Å². The molecular weight excluding hydrogens is 820 g/mol. The fraction of sp³-hybridized carbons (Fsp3) is 0.0500. The quantitative estimate of drug-likeness (QED) is 0.178. The minimum Gasteiger partial charge on any atom is -0.208 e. The third kappa shape index (κ3) is 4.65. The van der Waals surface area contributed by atoms with E-state index >= 15 is 0 Å². The fourth-order valence-electron chi connectivity index (χ4n) is 12.2. The van der Waals surface area contributed by atoms with Crippen LogP contribution >= 0.6 is 0 Å². The second-order valence-corrected chi connectivity index (χ2v) is 17.6. The van der Waals surface area contributed by atoms with Gasteiger partial charge in [-0.05, 0) is 101 Å². The molecule has 4 aliphatic carbocycles. The van der Waals surface area contributed by atoms with Gasteiger partial charge in [0.05, 0.1) is 16.4 Å². The van der Waals surface area contributed by atoms with Crippen LogP contribution in [0.15, 0.2) is 206 Å². The van der Waals surface area contributed by atoms with E-state index in [-0.39, 0.29) is 5.82 Å². The Morgan fingerprint density at radius 3 is 0.924 bits per heavy atom. The Morgan fingerprint density at radius 2 is 0.561 bits per heavy atom. The molecule has 310 valence electrons. The van der Waals surface area contributed by atoms with Crippen LogP contribution < -0.4 is 0 Å². The SMILES string of the molecule is FC(F)(F)c1ccc(-c2nc(-c3cccc4c3-c3ccccc3C43c4ccccc4-c4ccccc43)nc(-c3cccc4c3-c3ccccc3C43c4ccccc4-c4ccccc43)n2)cc1. The summed E-state index contributed by atoms with van der Waals surface area (Å²) in [5.74, 6) is 1.16. The van der Waals surface area contributed by atoms with Crippen LogP contribution in [0.5, 0.6) is 0 Å². The number of hydrogen-bond acceptors (Lipinski definition) is 3. The lowest BCUT2D eigenvalue weighted by molar-refractivity contribution is -0.137. The van der Waals surface area contributed by atoms with E-state index in [1.807, 2.05) is 0 Å². The lowest BCUT2D eigenvalue weighted by Gasteiger charge is -2.30. The normalized spacial score (nSPS) is 14.5. The maximum Gasteiger partial charge on any atom is 0.416 e. The topological polar surface area (TPSA) is 38.7 Å². The van der Waals surface area contributed by atoms with Crippen LogP contribution in [-0.2, 0) is 17.0 Å². The van der Waals surface area contributed by atoms with Crippen molar-refractivity contribution in [3.05, 3.63) is 256 Å². The van der Waals surface area contributed by atoms with Crippen molar-refractivity contribution in [3.8, 4) is 78.7 Å². The Kier molecular flexibility index (Phi) is 7.42. The zero-order valence-corrected chi connectivity index (χ0v) is 35.1. The van der Waals surface area contributed by atoms with Crippen molar-refractivity contribution in [2.45, 2.75) is 17.0 Å². The summed E-state index contributed by atoms with van der Waals surface area (Å²) in [6, 6.07) is 69.9. The second kappa shape index (κ2) is 13.2. The highest BCUT2D eigenvalue weighted by molar-refractivity contribution is 6.01. The Morgan fingerprint density at radius 1 is 0.273 bits per heavy atom. The maximum atomic E-state index is 14.0. The van der Waals surface area contributed by atoms with Gasteiger partial charge in [-0.2, -0.15) is 13.2 Å². The predicted octanol–water partition coefficient (Wildman–Crippen LogP) is 14.6. The van der Waals surface area contributed by atoms with E-state index in [2.05, 4.69) is 182 Å². The summed E-state index contributed by atoms with van der Waals surface area (Å²) in [4.78, 5) is 15.9. The zero-order valence-electron chi connectivity index (χ0n) is 35.1. The van der Waals surface area contributed by atoms with Gasteiger partial charge in [-0.3, -0.25) is 0 Å².